The highest BCUT2D eigenvalue weighted by molar-refractivity contribution is 5.29. The van der Waals surface area contributed by atoms with Crippen LogP contribution < -0.4 is 10.5 Å². The minimum Gasteiger partial charge on any atom is -0.484 e. The molecule has 0 aliphatic carbocycles. The number of aliphatic hydroxyl groups excluding tert-OH is 1. The van der Waals surface area contributed by atoms with Gasteiger partial charge in [-0.1, -0.05) is 25.1 Å². The Kier molecular flexibility index (Phi) is 5.72. The number of benzene rings is 1. The zero-order valence-corrected chi connectivity index (χ0v) is 12.3. The predicted octanol–water partition coefficient (Wildman–Crippen LogP) is 2.47. The highest BCUT2D eigenvalue weighted by atomic mass is 16.5. The van der Waals surface area contributed by atoms with Crippen LogP contribution in [-0.2, 0) is 6.42 Å². The second kappa shape index (κ2) is 7.76. The van der Waals surface area contributed by atoms with Gasteiger partial charge in [-0.05, 0) is 36.6 Å². The summed E-state index contributed by atoms with van der Waals surface area (Å²) < 4.78 is 6.06. The van der Waals surface area contributed by atoms with E-state index in [0.717, 1.165) is 23.3 Å². The SMILES string of the molecule is CCC(N)C(Oc1ccc(CCO)cc1)c1cccnc1. The molecule has 0 bridgehead atoms. The number of nitrogens with zero attached hydrogens (tertiary/aromatic N) is 1. The largest absolute Gasteiger partial charge is 0.484 e. The van der Waals surface area contributed by atoms with Crippen molar-refractivity contribution in [2.45, 2.75) is 31.9 Å². The first-order valence-electron chi connectivity index (χ1n) is 7.26. The lowest BCUT2D eigenvalue weighted by Crippen LogP contribution is -2.31. The van der Waals surface area contributed by atoms with Crippen LogP contribution in [-0.4, -0.2) is 22.7 Å². The summed E-state index contributed by atoms with van der Waals surface area (Å²) in [7, 11) is 0. The van der Waals surface area contributed by atoms with E-state index in [1.807, 2.05) is 43.3 Å². The maximum Gasteiger partial charge on any atom is 0.140 e. The van der Waals surface area contributed by atoms with E-state index in [1.165, 1.54) is 0 Å². The van der Waals surface area contributed by atoms with Gasteiger partial charge in [-0.3, -0.25) is 4.98 Å². The van der Waals surface area contributed by atoms with Crippen molar-refractivity contribution in [2.75, 3.05) is 6.61 Å². The van der Waals surface area contributed by atoms with E-state index in [4.69, 9.17) is 15.6 Å². The molecule has 1 aromatic heterocycles. The van der Waals surface area contributed by atoms with Crippen molar-refractivity contribution in [2.24, 2.45) is 5.73 Å². The van der Waals surface area contributed by atoms with Crippen LogP contribution in [0.2, 0.25) is 0 Å². The summed E-state index contributed by atoms with van der Waals surface area (Å²) in [6, 6.07) is 11.5. The van der Waals surface area contributed by atoms with Crippen LogP contribution in [0.4, 0.5) is 0 Å². The van der Waals surface area contributed by atoms with Crippen LogP contribution in [0.25, 0.3) is 0 Å². The van der Waals surface area contributed by atoms with Gasteiger partial charge >= 0.3 is 0 Å². The zero-order valence-electron chi connectivity index (χ0n) is 12.3. The molecule has 1 aromatic carbocycles. The second-order valence-corrected chi connectivity index (χ2v) is 5.01. The molecule has 0 saturated heterocycles. The minimum atomic E-state index is -0.215. The van der Waals surface area contributed by atoms with Gasteiger partial charge in [0.1, 0.15) is 11.9 Å². The maximum atomic E-state index is 8.93. The van der Waals surface area contributed by atoms with Gasteiger partial charge in [0.15, 0.2) is 0 Å². The van der Waals surface area contributed by atoms with Crippen LogP contribution in [0, 0.1) is 0 Å². The van der Waals surface area contributed by atoms with E-state index in [9.17, 15) is 0 Å². The fraction of sp³-hybridized carbons (Fsp3) is 0.353. The fourth-order valence-corrected chi connectivity index (χ4v) is 2.17. The summed E-state index contributed by atoms with van der Waals surface area (Å²) in [6.45, 7) is 2.20. The quantitative estimate of drug-likeness (QED) is 0.820. The molecule has 3 N–H and O–H groups in total. The lowest BCUT2D eigenvalue weighted by atomic mass is 10.0. The van der Waals surface area contributed by atoms with Crippen LogP contribution in [0.1, 0.15) is 30.6 Å². The number of rotatable bonds is 7. The fourth-order valence-electron chi connectivity index (χ4n) is 2.17. The van der Waals surface area contributed by atoms with Crippen molar-refractivity contribution < 1.29 is 9.84 Å². The van der Waals surface area contributed by atoms with Gasteiger partial charge < -0.3 is 15.6 Å². The summed E-state index contributed by atoms with van der Waals surface area (Å²) >= 11 is 0. The Balaban J connectivity index is 2.15. The van der Waals surface area contributed by atoms with E-state index < -0.39 is 0 Å². The van der Waals surface area contributed by atoms with Crippen LogP contribution in [0.15, 0.2) is 48.8 Å². The lowest BCUT2D eigenvalue weighted by molar-refractivity contribution is 0.170. The normalized spacial score (nSPS) is 13.7. The van der Waals surface area contributed by atoms with Gasteiger partial charge in [0.05, 0.1) is 0 Å². The van der Waals surface area contributed by atoms with Crippen molar-refractivity contribution in [1.82, 2.24) is 4.98 Å². The number of hydrogen-bond donors (Lipinski definition) is 2. The number of pyridine rings is 1. The van der Waals surface area contributed by atoms with Gasteiger partial charge in [0, 0.05) is 30.6 Å². The Morgan fingerprint density at radius 1 is 1.24 bits per heavy atom. The summed E-state index contributed by atoms with van der Waals surface area (Å²) in [5.41, 5.74) is 8.25. The molecule has 1 heterocycles. The van der Waals surface area contributed by atoms with Crippen LogP contribution in [0.5, 0.6) is 5.75 Å². The third-order valence-corrected chi connectivity index (χ3v) is 3.46. The first kappa shape index (κ1) is 15.5. The predicted molar refractivity (Wildman–Crippen MR) is 83.1 cm³/mol. The standard InChI is InChI=1S/C17H22N2O2/c1-2-16(18)17(14-4-3-10-19-12-14)21-15-7-5-13(6-8-15)9-11-20/h3-8,10,12,16-17,20H,2,9,11,18H2,1H3. The van der Waals surface area contributed by atoms with Crippen molar-refractivity contribution in [3.8, 4) is 5.75 Å². The molecule has 0 radical (unpaired) electrons. The minimum absolute atomic E-state index is 0.0914. The zero-order chi connectivity index (χ0) is 15.1. The van der Waals surface area contributed by atoms with Gasteiger partial charge in [-0.15, -0.1) is 0 Å². The van der Waals surface area contributed by atoms with Crippen LogP contribution in [0.3, 0.4) is 0 Å². The number of aromatic nitrogens is 1. The third-order valence-electron chi connectivity index (χ3n) is 3.46. The molecule has 2 atom stereocenters. The molecule has 2 aromatic rings. The van der Waals surface area contributed by atoms with E-state index in [0.29, 0.717) is 6.42 Å². The highest BCUT2D eigenvalue weighted by Crippen LogP contribution is 2.25. The summed E-state index contributed by atoms with van der Waals surface area (Å²) in [4.78, 5) is 4.14. The molecule has 0 amide bonds. The van der Waals surface area contributed by atoms with Crippen molar-refractivity contribution in [3.63, 3.8) is 0 Å². The van der Waals surface area contributed by atoms with Gasteiger partial charge in [-0.25, -0.2) is 0 Å². The molecule has 0 aliphatic rings. The first-order valence-corrected chi connectivity index (χ1v) is 7.26. The summed E-state index contributed by atoms with van der Waals surface area (Å²) in [5.74, 6) is 0.773. The van der Waals surface area contributed by atoms with Crippen LogP contribution >= 0.6 is 0 Å². The monoisotopic (exact) mass is 286 g/mol. The lowest BCUT2D eigenvalue weighted by Gasteiger charge is -2.24. The third kappa shape index (κ3) is 4.28. The Morgan fingerprint density at radius 2 is 2.00 bits per heavy atom. The Labute approximate surface area is 125 Å². The first-order chi connectivity index (χ1) is 10.2. The molecule has 4 heteroatoms. The average molecular weight is 286 g/mol. The summed E-state index contributed by atoms with van der Waals surface area (Å²) in [5, 5.41) is 8.93. The van der Waals surface area contributed by atoms with Gasteiger partial charge in [-0.2, -0.15) is 0 Å². The Morgan fingerprint density at radius 3 is 2.57 bits per heavy atom. The number of aliphatic hydroxyl groups is 1. The molecule has 112 valence electrons. The number of hydrogen-bond acceptors (Lipinski definition) is 4. The van der Waals surface area contributed by atoms with Crippen molar-refractivity contribution >= 4 is 0 Å². The number of ether oxygens (including phenoxy) is 1. The Hall–Kier alpha value is -1.91. The van der Waals surface area contributed by atoms with E-state index in [2.05, 4.69) is 4.98 Å². The molecule has 2 unspecified atom stereocenters. The molecule has 21 heavy (non-hydrogen) atoms. The Bertz CT molecular complexity index is 528. The molecule has 0 spiro atoms. The highest BCUT2D eigenvalue weighted by Gasteiger charge is 2.20. The van der Waals surface area contributed by atoms with Gasteiger partial charge in [0.2, 0.25) is 0 Å². The topological polar surface area (TPSA) is 68.4 Å². The molecule has 0 fully saturated rings. The molecule has 0 saturated carbocycles. The summed E-state index contributed by atoms with van der Waals surface area (Å²) in [6.07, 6.45) is 4.79. The molecular formula is C17H22N2O2. The maximum absolute atomic E-state index is 8.93. The van der Waals surface area contributed by atoms with Crippen molar-refractivity contribution in [1.29, 1.82) is 0 Å². The molecule has 0 aliphatic heterocycles. The average Bonchev–Trinajstić information content (AvgIpc) is 2.54. The van der Waals surface area contributed by atoms with E-state index in [-0.39, 0.29) is 18.8 Å². The molecule has 4 nitrogen and oxygen atoms in total. The second-order valence-electron chi connectivity index (χ2n) is 5.01. The molecule has 2 rings (SSSR count). The smallest absolute Gasteiger partial charge is 0.140 e. The van der Waals surface area contributed by atoms with Gasteiger partial charge in [0.25, 0.3) is 0 Å². The van der Waals surface area contributed by atoms with E-state index >= 15 is 0 Å². The molecular weight excluding hydrogens is 264 g/mol. The number of nitrogens with two attached hydrogens (primary N) is 1. The van der Waals surface area contributed by atoms with E-state index in [1.54, 1.807) is 12.4 Å². The van der Waals surface area contributed by atoms with Crippen molar-refractivity contribution in [3.05, 3.63) is 59.9 Å².